The van der Waals surface area contributed by atoms with Crippen molar-refractivity contribution in [1.29, 1.82) is 0 Å². The summed E-state index contributed by atoms with van der Waals surface area (Å²) in [6.07, 6.45) is 2.97. The van der Waals surface area contributed by atoms with E-state index in [2.05, 4.69) is 11.3 Å². The van der Waals surface area contributed by atoms with E-state index in [1.807, 2.05) is 13.8 Å². The topological polar surface area (TPSA) is 44.8 Å². The molecule has 0 saturated heterocycles. The molecule has 0 unspecified atom stereocenters. The van der Waals surface area contributed by atoms with Gasteiger partial charge in [-0.05, 0) is 6.92 Å². The highest BCUT2D eigenvalue weighted by atomic mass is 16.7. The predicted octanol–water partition coefficient (Wildman–Crippen LogP) is 1.92. The molecule has 0 bridgehead atoms. The molecule has 16 heavy (non-hydrogen) atoms. The van der Waals surface area contributed by atoms with Gasteiger partial charge in [0, 0.05) is 19.1 Å². The van der Waals surface area contributed by atoms with Crippen molar-refractivity contribution >= 4 is 5.97 Å². The van der Waals surface area contributed by atoms with Crippen LogP contribution in [-0.4, -0.2) is 33.1 Å². The van der Waals surface area contributed by atoms with Crippen molar-refractivity contribution in [2.45, 2.75) is 20.0 Å². The minimum atomic E-state index is -0.362. The molecule has 0 aromatic heterocycles. The van der Waals surface area contributed by atoms with Crippen molar-refractivity contribution in [3.8, 4) is 0 Å². The highest BCUT2D eigenvalue weighted by Gasteiger charge is 2.17. The molecular formula is C12H20O4. The second-order valence-electron chi connectivity index (χ2n) is 3.47. The van der Waals surface area contributed by atoms with E-state index in [1.54, 1.807) is 13.2 Å². The Morgan fingerprint density at radius 2 is 2.06 bits per heavy atom. The molecule has 0 N–H and O–H groups in total. The number of carbonyl (C=O) groups excluding carboxylic acids is 1. The molecule has 0 radical (unpaired) electrons. The van der Waals surface area contributed by atoms with Crippen molar-refractivity contribution in [2.24, 2.45) is 5.92 Å². The fourth-order valence-electron chi connectivity index (χ4n) is 1.20. The number of carbonyl (C=O) groups is 1. The van der Waals surface area contributed by atoms with Crippen molar-refractivity contribution in [3.63, 3.8) is 0 Å². The average Bonchev–Trinajstić information content (AvgIpc) is 2.29. The first kappa shape index (κ1) is 14.9. The van der Waals surface area contributed by atoms with E-state index in [4.69, 9.17) is 9.47 Å². The summed E-state index contributed by atoms with van der Waals surface area (Å²) in [6, 6.07) is 0. The van der Waals surface area contributed by atoms with E-state index in [0.29, 0.717) is 0 Å². The Morgan fingerprint density at radius 1 is 1.44 bits per heavy atom. The zero-order chi connectivity index (χ0) is 12.6. The van der Waals surface area contributed by atoms with Gasteiger partial charge < -0.3 is 14.2 Å². The molecule has 0 aromatic rings. The lowest BCUT2D eigenvalue weighted by Crippen LogP contribution is -2.22. The molecule has 0 aliphatic heterocycles. The first-order valence-electron chi connectivity index (χ1n) is 5.06. The second kappa shape index (κ2) is 8.07. The van der Waals surface area contributed by atoms with Crippen LogP contribution in [0, 0.1) is 5.92 Å². The fourth-order valence-corrected chi connectivity index (χ4v) is 1.20. The normalized spacial score (nSPS) is 15.4. The fraction of sp³-hybridized carbons (Fsp3) is 0.583. The Hall–Kier alpha value is -1.13. The molecule has 0 spiro atoms. The third-order valence-corrected chi connectivity index (χ3v) is 2.37. The van der Waals surface area contributed by atoms with Crippen LogP contribution in [0.2, 0.25) is 0 Å². The second-order valence-corrected chi connectivity index (χ2v) is 3.47. The number of esters is 1. The van der Waals surface area contributed by atoms with Gasteiger partial charge in [-0.3, -0.25) is 0 Å². The van der Waals surface area contributed by atoms with Crippen LogP contribution < -0.4 is 0 Å². The van der Waals surface area contributed by atoms with Gasteiger partial charge >= 0.3 is 5.97 Å². The first-order valence-corrected chi connectivity index (χ1v) is 5.06. The van der Waals surface area contributed by atoms with E-state index in [9.17, 15) is 4.79 Å². The number of hydrogen-bond donors (Lipinski definition) is 0. The molecule has 2 atom stereocenters. The lowest BCUT2D eigenvalue weighted by molar-refractivity contribution is -0.134. The number of ether oxygens (including phenoxy) is 3. The summed E-state index contributed by atoms with van der Waals surface area (Å²) >= 11 is 0. The van der Waals surface area contributed by atoms with Crippen LogP contribution in [0.25, 0.3) is 0 Å². The molecular weight excluding hydrogens is 208 g/mol. The Kier molecular flexibility index (Phi) is 7.50. The van der Waals surface area contributed by atoms with Crippen LogP contribution in [0.15, 0.2) is 24.3 Å². The summed E-state index contributed by atoms with van der Waals surface area (Å²) in [6.45, 7) is 7.70. The monoisotopic (exact) mass is 228 g/mol. The summed E-state index contributed by atoms with van der Waals surface area (Å²) < 4.78 is 14.8. The number of hydrogen-bond acceptors (Lipinski definition) is 4. The van der Waals surface area contributed by atoms with Gasteiger partial charge in [0.25, 0.3) is 0 Å². The van der Waals surface area contributed by atoms with Gasteiger partial charge in [-0.1, -0.05) is 18.6 Å². The zero-order valence-electron chi connectivity index (χ0n) is 10.4. The minimum absolute atomic E-state index is 0.0479. The van der Waals surface area contributed by atoms with E-state index < -0.39 is 0 Å². The summed E-state index contributed by atoms with van der Waals surface area (Å²) in [7, 11) is 2.91. The molecule has 0 heterocycles. The third-order valence-electron chi connectivity index (χ3n) is 2.37. The molecule has 4 heteroatoms. The van der Waals surface area contributed by atoms with Gasteiger partial charge in [0.2, 0.25) is 0 Å². The quantitative estimate of drug-likeness (QED) is 0.289. The molecule has 0 aromatic carbocycles. The van der Waals surface area contributed by atoms with E-state index >= 15 is 0 Å². The van der Waals surface area contributed by atoms with Crippen molar-refractivity contribution in [1.82, 2.24) is 0 Å². The SMILES string of the molecule is C=C[C@H](OCOC)[C@H](C)/C(C)=C/C(=O)OC. The molecule has 0 saturated carbocycles. The molecule has 0 aliphatic rings. The van der Waals surface area contributed by atoms with Crippen LogP contribution in [-0.2, 0) is 19.0 Å². The number of methoxy groups -OCH3 is 2. The summed E-state index contributed by atoms with van der Waals surface area (Å²) in [5.41, 5.74) is 0.882. The van der Waals surface area contributed by atoms with E-state index in [1.165, 1.54) is 13.2 Å². The van der Waals surface area contributed by atoms with Crippen LogP contribution in [0.3, 0.4) is 0 Å². The highest BCUT2D eigenvalue weighted by Crippen LogP contribution is 2.18. The molecule has 0 amide bonds. The average molecular weight is 228 g/mol. The van der Waals surface area contributed by atoms with Crippen LogP contribution in [0.1, 0.15) is 13.8 Å². The Morgan fingerprint density at radius 3 is 2.50 bits per heavy atom. The lowest BCUT2D eigenvalue weighted by Gasteiger charge is -2.21. The minimum Gasteiger partial charge on any atom is -0.466 e. The lowest BCUT2D eigenvalue weighted by atomic mass is 9.96. The Bertz CT molecular complexity index is 258. The van der Waals surface area contributed by atoms with Gasteiger partial charge in [-0.15, -0.1) is 6.58 Å². The largest absolute Gasteiger partial charge is 0.466 e. The van der Waals surface area contributed by atoms with Gasteiger partial charge in [-0.2, -0.15) is 0 Å². The molecule has 0 fully saturated rings. The van der Waals surface area contributed by atoms with Crippen LogP contribution in [0.4, 0.5) is 0 Å². The van der Waals surface area contributed by atoms with E-state index in [0.717, 1.165) is 5.57 Å². The zero-order valence-corrected chi connectivity index (χ0v) is 10.4. The van der Waals surface area contributed by atoms with Gasteiger partial charge in [-0.25, -0.2) is 4.79 Å². The molecule has 4 nitrogen and oxygen atoms in total. The highest BCUT2D eigenvalue weighted by molar-refractivity contribution is 5.82. The molecule has 0 aliphatic carbocycles. The van der Waals surface area contributed by atoms with Crippen LogP contribution in [0.5, 0.6) is 0 Å². The van der Waals surface area contributed by atoms with Gasteiger partial charge in [0.05, 0.1) is 13.2 Å². The Labute approximate surface area is 96.9 Å². The summed E-state index contributed by atoms with van der Waals surface area (Å²) in [4.78, 5) is 11.1. The smallest absolute Gasteiger partial charge is 0.330 e. The predicted molar refractivity (Wildman–Crippen MR) is 61.9 cm³/mol. The maximum atomic E-state index is 11.1. The maximum Gasteiger partial charge on any atom is 0.330 e. The van der Waals surface area contributed by atoms with Gasteiger partial charge in [0.1, 0.15) is 6.79 Å². The molecule has 0 rings (SSSR count). The number of rotatable bonds is 7. The Balaban J connectivity index is 4.48. The van der Waals surface area contributed by atoms with E-state index in [-0.39, 0.29) is 24.8 Å². The maximum absolute atomic E-state index is 11.1. The summed E-state index contributed by atoms with van der Waals surface area (Å²) in [5, 5.41) is 0. The van der Waals surface area contributed by atoms with Crippen molar-refractivity contribution < 1.29 is 19.0 Å². The first-order chi connectivity index (χ1) is 7.56. The third kappa shape index (κ3) is 5.09. The standard InChI is InChI=1S/C12H20O4/c1-6-11(16-8-14-4)10(3)9(2)7-12(13)15-5/h6-7,10-11H,1,8H2,2-5H3/b9-7+/t10-,11+/m1/s1. The van der Waals surface area contributed by atoms with Crippen molar-refractivity contribution in [2.75, 3.05) is 21.0 Å². The molecule has 92 valence electrons. The van der Waals surface area contributed by atoms with Gasteiger partial charge in [0.15, 0.2) is 0 Å². The van der Waals surface area contributed by atoms with Crippen LogP contribution >= 0.6 is 0 Å². The summed E-state index contributed by atoms with van der Waals surface area (Å²) in [5.74, 6) is -0.314. The van der Waals surface area contributed by atoms with Crippen molar-refractivity contribution in [3.05, 3.63) is 24.3 Å².